The lowest BCUT2D eigenvalue weighted by Crippen LogP contribution is -2.31. The van der Waals surface area contributed by atoms with Gasteiger partial charge in [-0.1, -0.05) is 18.2 Å². The number of amides is 3. The number of urea groups is 1. The Morgan fingerprint density at radius 1 is 1.13 bits per heavy atom. The molecule has 2 aromatic rings. The van der Waals surface area contributed by atoms with Gasteiger partial charge in [0.1, 0.15) is 5.00 Å². The first-order valence-electron chi connectivity index (χ1n) is 9.71. The quantitative estimate of drug-likeness (QED) is 0.539. The van der Waals surface area contributed by atoms with Crippen LogP contribution in [-0.2, 0) is 31.5 Å². The van der Waals surface area contributed by atoms with Gasteiger partial charge in [-0.2, -0.15) is 0 Å². The molecule has 1 aromatic heterocycles. The Balaban J connectivity index is 1.62. The van der Waals surface area contributed by atoms with E-state index < -0.39 is 27.7 Å². The van der Waals surface area contributed by atoms with Crippen LogP contribution in [0, 0.1) is 0 Å². The molecule has 1 aliphatic heterocycles. The van der Waals surface area contributed by atoms with E-state index in [0.717, 1.165) is 11.3 Å². The Hall–Kier alpha value is -2.92. The highest BCUT2D eigenvalue weighted by Gasteiger charge is 2.31. The number of hydrogen-bond acceptors (Lipinski definition) is 7. The number of rotatable bonds is 7. The van der Waals surface area contributed by atoms with E-state index in [1.807, 2.05) is 6.07 Å². The van der Waals surface area contributed by atoms with Crippen molar-refractivity contribution in [2.24, 2.45) is 0 Å². The molecule has 0 atom stereocenters. The molecule has 0 radical (unpaired) electrons. The van der Waals surface area contributed by atoms with Crippen molar-refractivity contribution in [2.45, 2.75) is 25.5 Å². The van der Waals surface area contributed by atoms with Crippen molar-refractivity contribution in [1.29, 1.82) is 0 Å². The first-order chi connectivity index (χ1) is 14.8. The molecule has 3 amide bonds. The van der Waals surface area contributed by atoms with Crippen molar-refractivity contribution >= 4 is 49.8 Å². The lowest BCUT2D eigenvalue weighted by molar-refractivity contribution is -0.116. The summed E-state index contributed by atoms with van der Waals surface area (Å²) < 4.78 is 29.0. The van der Waals surface area contributed by atoms with Gasteiger partial charge in [0.15, 0.2) is 9.84 Å². The van der Waals surface area contributed by atoms with E-state index in [9.17, 15) is 22.8 Å². The second-order valence-corrected chi connectivity index (χ2v) is 10.1. The molecule has 166 valence electrons. The second-order valence-electron chi connectivity index (χ2n) is 6.82. The van der Waals surface area contributed by atoms with E-state index in [4.69, 9.17) is 4.74 Å². The molecule has 1 aliphatic rings. The molecule has 1 aromatic carbocycles. The maximum absolute atomic E-state index is 12.4. The standard InChI is InChI=1S/C20H23N3O6S2/c1-2-29-19(25)17-14-9-11-31(27,28)12-15(14)30-18(17)23-16(24)8-10-21-20(26)22-13-6-4-3-5-7-13/h3-7H,2,8-12H2,1H3,(H,23,24)(H2,21,22,26). The average Bonchev–Trinajstić information content (AvgIpc) is 3.04. The third-order valence-electron chi connectivity index (χ3n) is 4.51. The number of benzene rings is 1. The van der Waals surface area contributed by atoms with Crippen LogP contribution in [0.25, 0.3) is 0 Å². The molecule has 11 heteroatoms. The van der Waals surface area contributed by atoms with Crippen LogP contribution in [0.5, 0.6) is 0 Å². The summed E-state index contributed by atoms with van der Waals surface area (Å²) >= 11 is 1.08. The maximum atomic E-state index is 12.4. The number of fused-ring (bicyclic) bond motifs is 1. The Labute approximate surface area is 184 Å². The molecule has 0 saturated carbocycles. The second kappa shape index (κ2) is 9.92. The molecule has 0 bridgehead atoms. The first-order valence-corrected chi connectivity index (χ1v) is 12.3. The van der Waals surface area contributed by atoms with Crippen molar-refractivity contribution in [2.75, 3.05) is 29.5 Å². The molecule has 9 nitrogen and oxygen atoms in total. The number of hydrogen-bond donors (Lipinski definition) is 3. The van der Waals surface area contributed by atoms with E-state index in [-0.39, 0.29) is 48.1 Å². The van der Waals surface area contributed by atoms with Gasteiger partial charge in [-0.05, 0) is 31.0 Å². The summed E-state index contributed by atoms with van der Waals surface area (Å²) in [6, 6.07) is 8.44. The van der Waals surface area contributed by atoms with Crippen LogP contribution in [0.3, 0.4) is 0 Å². The minimum atomic E-state index is -3.22. The third kappa shape index (κ3) is 6.05. The number of para-hydroxylation sites is 1. The van der Waals surface area contributed by atoms with Crippen molar-refractivity contribution in [1.82, 2.24) is 5.32 Å². The van der Waals surface area contributed by atoms with E-state index in [1.54, 1.807) is 31.2 Å². The van der Waals surface area contributed by atoms with Crippen LogP contribution in [0.1, 0.15) is 34.1 Å². The van der Waals surface area contributed by atoms with Crippen LogP contribution in [0.4, 0.5) is 15.5 Å². The van der Waals surface area contributed by atoms with Crippen molar-refractivity contribution in [3.8, 4) is 0 Å². The smallest absolute Gasteiger partial charge is 0.341 e. The zero-order chi connectivity index (χ0) is 22.4. The van der Waals surface area contributed by atoms with Crippen LogP contribution < -0.4 is 16.0 Å². The Kier molecular flexibility index (Phi) is 7.29. The summed E-state index contributed by atoms with van der Waals surface area (Å²) in [5.41, 5.74) is 1.47. The van der Waals surface area contributed by atoms with Crippen molar-refractivity contribution < 1.29 is 27.5 Å². The average molecular weight is 466 g/mol. The number of carbonyl (C=O) groups is 3. The molecular weight excluding hydrogens is 442 g/mol. The maximum Gasteiger partial charge on any atom is 0.341 e. The minimum absolute atomic E-state index is 0.0225. The van der Waals surface area contributed by atoms with Crippen molar-refractivity contribution in [3.05, 3.63) is 46.3 Å². The van der Waals surface area contributed by atoms with Gasteiger partial charge < -0.3 is 20.7 Å². The molecule has 0 spiro atoms. The van der Waals surface area contributed by atoms with Gasteiger partial charge in [0.2, 0.25) is 5.91 Å². The Morgan fingerprint density at radius 3 is 2.58 bits per heavy atom. The summed E-state index contributed by atoms with van der Waals surface area (Å²) in [5.74, 6) is -1.20. The molecule has 0 unspecified atom stereocenters. The molecule has 0 aliphatic carbocycles. The number of nitrogens with one attached hydrogen (secondary N) is 3. The number of carbonyl (C=O) groups excluding carboxylic acids is 3. The first kappa shape index (κ1) is 22.8. The van der Waals surface area contributed by atoms with Crippen LogP contribution in [-0.4, -0.2) is 45.2 Å². The number of esters is 1. The van der Waals surface area contributed by atoms with Crippen LogP contribution >= 0.6 is 11.3 Å². The Morgan fingerprint density at radius 2 is 1.87 bits per heavy atom. The highest BCUT2D eigenvalue weighted by molar-refractivity contribution is 7.90. The van der Waals surface area contributed by atoms with Gasteiger partial charge >= 0.3 is 12.0 Å². The third-order valence-corrected chi connectivity index (χ3v) is 7.39. The molecule has 2 heterocycles. The SMILES string of the molecule is CCOC(=O)c1c(NC(=O)CCNC(=O)Nc2ccccc2)sc2c1CCS(=O)(=O)C2. The zero-order valence-corrected chi connectivity index (χ0v) is 18.5. The predicted molar refractivity (Wildman–Crippen MR) is 118 cm³/mol. The van der Waals surface area contributed by atoms with Gasteiger partial charge in [0, 0.05) is 23.5 Å². The highest BCUT2D eigenvalue weighted by atomic mass is 32.2. The number of anilines is 2. The molecule has 3 rings (SSSR count). The fraction of sp³-hybridized carbons (Fsp3) is 0.350. The van der Waals surface area contributed by atoms with Gasteiger partial charge in [-0.15, -0.1) is 11.3 Å². The molecule has 0 saturated heterocycles. The Bertz CT molecular complexity index is 1080. The summed E-state index contributed by atoms with van der Waals surface area (Å²) in [6.45, 7) is 1.92. The van der Waals surface area contributed by atoms with E-state index in [2.05, 4.69) is 16.0 Å². The number of thiophene rings is 1. The van der Waals surface area contributed by atoms with E-state index in [0.29, 0.717) is 16.1 Å². The van der Waals surface area contributed by atoms with Gasteiger partial charge in [0.05, 0.1) is 23.7 Å². The van der Waals surface area contributed by atoms with Gasteiger partial charge in [-0.25, -0.2) is 18.0 Å². The highest BCUT2D eigenvalue weighted by Crippen LogP contribution is 2.38. The summed E-state index contributed by atoms with van der Waals surface area (Å²) in [4.78, 5) is 37.3. The molecule has 0 fully saturated rings. The van der Waals surface area contributed by atoms with Gasteiger partial charge in [-0.3, -0.25) is 4.79 Å². The largest absolute Gasteiger partial charge is 0.462 e. The van der Waals surface area contributed by atoms with Crippen molar-refractivity contribution in [3.63, 3.8) is 0 Å². The van der Waals surface area contributed by atoms with E-state index >= 15 is 0 Å². The number of sulfone groups is 1. The monoisotopic (exact) mass is 465 g/mol. The van der Waals surface area contributed by atoms with Crippen LogP contribution in [0.15, 0.2) is 30.3 Å². The molecule has 3 N–H and O–H groups in total. The number of ether oxygens (including phenoxy) is 1. The zero-order valence-electron chi connectivity index (χ0n) is 16.9. The van der Waals surface area contributed by atoms with Crippen LogP contribution in [0.2, 0.25) is 0 Å². The lowest BCUT2D eigenvalue weighted by atomic mass is 10.1. The fourth-order valence-corrected chi connectivity index (χ4v) is 6.16. The molecule has 31 heavy (non-hydrogen) atoms. The topological polar surface area (TPSA) is 131 Å². The minimum Gasteiger partial charge on any atom is -0.462 e. The van der Waals surface area contributed by atoms with E-state index in [1.165, 1.54) is 0 Å². The normalized spacial score (nSPS) is 14.2. The summed E-state index contributed by atoms with van der Waals surface area (Å²) in [7, 11) is -3.22. The fourth-order valence-electron chi connectivity index (χ4n) is 3.11. The summed E-state index contributed by atoms with van der Waals surface area (Å²) in [5, 5.41) is 8.18. The summed E-state index contributed by atoms with van der Waals surface area (Å²) in [6.07, 6.45) is 0.185. The predicted octanol–water partition coefficient (Wildman–Crippen LogP) is 2.55. The lowest BCUT2D eigenvalue weighted by Gasteiger charge is -2.13. The molecular formula is C20H23N3O6S2. The van der Waals surface area contributed by atoms with Gasteiger partial charge in [0.25, 0.3) is 0 Å².